The van der Waals surface area contributed by atoms with E-state index in [0.29, 0.717) is 33.8 Å². The van der Waals surface area contributed by atoms with Crippen LogP contribution < -0.4 is 14.8 Å². The lowest BCUT2D eigenvalue weighted by molar-refractivity contribution is -0.112. The number of amides is 1. The Labute approximate surface area is 211 Å². The summed E-state index contributed by atoms with van der Waals surface area (Å²) in [5, 5.41) is 21.3. The summed E-state index contributed by atoms with van der Waals surface area (Å²) >= 11 is 3.49. The molecule has 0 aromatic heterocycles. The first-order valence-electron chi connectivity index (χ1n) is 10.7. The molecule has 0 heterocycles. The lowest BCUT2D eigenvalue weighted by Crippen LogP contribution is -2.13. The van der Waals surface area contributed by atoms with Gasteiger partial charge in [0.05, 0.1) is 16.6 Å². The Morgan fingerprint density at radius 1 is 1.11 bits per heavy atom. The Morgan fingerprint density at radius 2 is 1.86 bits per heavy atom. The molecule has 8 heteroatoms. The summed E-state index contributed by atoms with van der Waals surface area (Å²) in [6.45, 7) is 4.32. The van der Waals surface area contributed by atoms with Crippen LogP contribution in [0, 0.1) is 18.3 Å². The third-order valence-electron chi connectivity index (χ3n) is 4.87. The molecule has 0 bridgehead atoms. The SMILES string of the molecule is CCOc1cc(/C=C(\C#N)C(=O)Nc2cccc(C)c2)cc(Br)c1OCc1ccc(C(=O)O)cc1. The van der Waals surface area contributed by atoms with Crippen molar-refractivity contribution < 1.29 is 24.2 Å². The minimum Gasteiger partial charge on any atom is -0.490 e. The standard InChI is InChI=1S/C27H23BrN2O5/c1-3-34-24-14-19(12-21(15-29)26(31)30-22-6-4-5-17(2)11-22)13-23(28)25(24)35-16-18-7-9-20(10-8-18)27(32)33/h4-14H,3,16H2,1-2H3,(H,30,31)(H,32,33)/b21-12+. The van der Waals surface area contributed by atoms with E-state index in [0.717, 1.165) is 11.1 Å². The van der Waals surface area contributed by atoms with Gasteiger partial charge in [0.25, 0.3) is 5.91 Å². The van der Waals surface area contributed by atoms with Crippen LogP contribution in [0.5, 0.6) is 11.5 Å². The van der Waals surface area contributed by atoms with Crippen LogP contribution >= 0.6 is 15.9 Å². The van der Waals surface area contributed by atoms with Crippen molar-refractivity contribution in [3.8, 4) is 17.6 Å². The average molecular weight is 535 g/mol. The van der Waals surface area contributed by atoms with Gasteiger partial charge in [0.2, 0.25) is 0 Å². The number of nitrogens with one attached hydrogen (secondary N) is 1. The molecule has 0 aliphatic rings. The quantitative estimate of drug-likeness (QED) is 0.258. The lowest BCUT2D eigenvalue weighted by Gasteiger charge is -2.15. The summed E-state index contributed by atoms with van der Waals surface area (Å²) in [4.78, 5) is 23.7. The molecule has 0 fully saturated rings. The highest BCUT2D eigenvalue weighted by molar-refractivity contribution is 9.10. The first-order chi connectivity index (χ1) is 16.8. The van der Waals surface area contributed by atoms with Crippen LogP contribution in [0.4, 0.5) is 5.69 Å². The Hall–Kier alpha value is -4.09. The van der Waals surface area contributed by atoms with Crippen molar-refractivity contribution in [3.63, 3.8) is 0 Å². The van der Waals surface area contributed by atoms with E-state index in [1.54, 1.807) is 30.3 Å². The van der Waals surface area contributed by atoms with E-state index >= 15 is 0 Å². The number of nitriles is 1. The fourth-order valence-corrected chi connectivity index (χ4v) is 3.78. The number of benzene rings is 3. The Bertz CT molecular complexity index is 1310. The number of hydrogen-bond acceptors (Lipinski definition) is 5. The number of anilines is 1. The molecule has 0 saturated carbocycles. The van der Waals surface area contributed by atoms with E-state index in [9.17, 15) is 14.9 Å². The number of aromatic carboxylic acids is 1. The number of carboxylic acids is 1. The predicted octanol–water partition coefficient (Wildman–Crippen LogP) is 5.98. The van der Waals surface area contributed by atoms with Gasteiger partial charge in [-0.05, 0) is 88.9 Å². The molecular weight excluding hydrogens is 512 g/mol. The Kier molecular flexibility index (Phi) is 8.65. The third kappa shape index (κ3) is 6.95. The summed E-state index contributed by atoms with van der Waals surface area (Å²) < 4.78 is 12.3. The summed E-state index contributed by atoms with van der Waals surface area (Å²) in [5.41, 5.74) is 3.09. The molecule has 3 aromatic rings. The van der Waals surface area contributed by atoms with Crippen LogP contribution in [0.15, 0.2) is 70.7 Å². The molecule has 0 radical (unpaired) electrons. The number of hydrogen-bond donors (Lipinski definition) is 2. The van der Waals surface area contributed by atoms with Crippen LogP contribution in [0.3, 0.4) is 0 Å². The molecule has 7 nitrogen and oxygen atoms in total. The second-order valence-electron chi connectivity index (χ2n) is 7.55. The minimum atomic E-state index is -0.994. The van der Waals surface area contributed by atoms with Gasteiger partial charge in [-0.2, -0.15) is 5.26 Å². The van der Waals surface area contributed by atoms with E-state index < -0.39 is 11.9 Å². The molecule has 0 spiro atoms. The zero-order chi connectivity index (χ0) is 25.4. The van der Waals surface area contributed by atoms with E-state index in [1.807, 2.05) is 38.1 Å². The van der Waals surface area contributed by atoms with Crippen LogP contribution in [-0.4, -0.2) is 23.6 Å². The van der Waals surface area contributed by atoms with E-state index in [-0.39, 0.29) is 17.7 Å². The lowest BCUT2D eigenvalue weighted by atomic mass is 10.1. The number of carbonyl (C=O) groups is 2. The van der Waals surface area contributed by atoms with Crippen molar-refractivity contribution in [2.75, 3.05) is 11.9 Å². The van der Waals surface area contributed by atoms with Gasteiger partial charge in [0.1, 0.15) is 18.2 Å². The summed E-state index contributed by atoms with van der Waals surface area (Å²) in [6.07, 6.45) is 1.48. The molecule has 2 N–H and O–H groups in total. The second-order valence-corrected chi connectivity index (χ2v) is 8.40. The van der Waals surface area contributed by atoms with E-state index in [4.69, 9.17) is 14.6 Å². The highest BCUT2D eigenvalue weighted by Gasteiger charge is 2.15. The maximum Gasteiger partial charge on any atom is 0.335 e. The second kappa shape index (κ2) is 11.9. The highest BCUT2D eigenvalue weighted by Crippen LogP contribution is 2.38. The normalized spacial score (nSPS) is 10.9. The largest absolute Gasteiger partial charge is 0.490 e. The van der Waals surface area contributed by atoms with Crippen molar-refractivity contribution in [1.82, 2.24) is 0 Å². The van der Waals surface area contributed by atoms with E-state index in [2.05, 4.69) is 21.2 Å². The van der Waals surface area contributed by atoms with Crippen LogP contribution in [0.1, 0.15) is 34.0 Å². The monoisotopic (exact) mass is 534 g/mol. The third-order valence-corrected chi connectivity index (χ3v) is 5.46. The maximum atomic E-state index is 12.6. The number of halogens is 1. The molecule has 0 saturated heterocycles. The molecule has 0 atom stereocenters. The van der Waals surface area contributed by atoms with Crippen molar-refractivity contribution >= 4 is 39.6 Å². The molecule has 0 aliphatic carbocycles. The van der Waals surface area contributed by atoms with E-state index in [1.165, 1.54) is 18.2 Å². The fraction of sp³-hybridized carbons (Fsp3) is 0.148. The molecule has 178 valence electrons. The zero-order valence-corrected chi connectivity index (χ0v) is 20.8. The van der Waals surface area contributed by atoms with Gasteiger partial charge in [-0.1, -0.05) is 24.3 Å². The number of rotatable bonds is 9. The van der Waals surface area contributed by atoms with Gasteiger partial charge in [-0.25, -0.2) is 4.79 Å². The number of ether oxygens (including phenoxy) is 2. The van der Waals surface area contributed by atoms with Gasteiger partial charge < -0.3 is 19.9 Å². The minimum absolute atomic E-state index is 0.0620. The molecule has 0 unspecified atom stereocenters. The van der Waals surface area contributed by atoms with Gasteiger partial charge in [0.15, 0.2) is 11.5 Å². The van der Waals surface area contributed by atoms with Crippen molar-refractivity contribution in [2.45, 2.75) is 20.5 Å². The predicted molar refractivity (Wildman–Crippen MR) is 136 cm³/mol. The van der Waals surface area contributed by atoms with Crippen molar-refractivity contribution in [2.24, 2.45) is 0 Å². The van der Waals surface area contributed by atoms with Gasteiger partial charge in [0, 0.05) is 5.69 Å². The molecule has 3 aromatic carbocycles. The van der Waals surface area contributed by atoms with Crippen LogP contribution in [0.25, 0.3) is 6.08 Å². The van der Waals surface area contributed by atoms with Crippen molar-refractivity contribution in [3.05, 3.63) is 93.0 Å². The smallest absolute Gasteiger partial charge is 0.335 e. The highest BCUT2D eigenvalue weighted by atomic mass is 79.9. The average Bonchev–Trinajstić information content (AvgIpc) is 2.82. The van der Waals surface area contributed by atoms with Gasteiger partial charge in [-0.3, -0.25) is 4.79 Å². The Morgan fingerprint density at radius 3 is 2.49 bits per heavy atom. The summed E-state index contributed by atoms with van der Waals surface area (Å²) in [7, 11) is 0. The summed E-state index contributed by atoms with van der Waals surface area (Å²) in [5.74, 6) is -0.621. The molecule has 35 heavy (non-hydrogen) atoms. The number of nitrogens with zero attached hydrogens (tertiary/aromatic N) is 1. The molecular formula is C27H23BrN2O5. The van der Waals surface area contributed by atoms with Gasteiger partial charge in [-0.15, -0.1) is 0 Å². The number of carbonyl (C=O) groups excluding carboxylic acids is 1. The van der Waals surface area contributed by atoms with Crippen LogP contribution in [0.2, 0.25) is 0 Å². The fourth-order valence-electron chi connectivity index (χ4n) is 3.21. The first-order valence-corrected chi connectivity index (χ1v) is 11.5. The zero-order valence-electron chi connectivity index (χ0n) is 19.2. The number of aryl methyl sites for hydroxylation is 1. The van der Waals surface area contributed by atoms with Crippen LogP contribution in [-0.2, 0) is 11.4 Å². The molecule has 3 rings (SSSR count). The topological polar surface area (TPSA) is 109 Å². The maximum absolute atomic E-state index is 12.6. The molecule has 0 aliphatic heterocycles. The number of carboxylic acid groups (broad SMARTS) is 1. The first kappa shape index (κ1) is 25.5. The molecule has 1 amide bonds. The van der Waals surface area contributed by atoms with Gasteiger partial charge >= 0.3 is 5.97 Å². The summed E-state index contributed by atoms with van der Waals surface area (Å²) in [6, 6.07) is 19.1. The Balaban J connectivity index is 1.82. The van der Waals surface area contributed by atoms with Crippen molar-refractivity contribution in [1.29, 1.82) is 5.26 Å².